The number of amides is 1. The van der Waals surface area contributed by atoms with E-state index in [2.05, 4.69) is 5.32 Å². The van der Waals surface area contributed by atoms with Crippen LogP contribution in [-0.4, -0.2) is 41.5 Å². The Morgan fingerprint density at radius 2 is 1.91 bits per heavy atom. The largest absolute Gasteiger partial charge is 0.481 e. The van der Waals surface area contributed by atoms with Crippen molar-refractivity contribution in [1.29, 1.82) is 0 Å². The maximum absolute atomic E-state index is 12.2. The zero-order valence-electron chi connectivity index (χ0n) is 13.5. The lowest BCUT2D eigenvalue weighted by atomic mass is 9.98. The third-order valence-corrected chi connectivity index (χ3v) is 4.16. The molecule has 2 N–H and O–H groups in total. The number of aliphatic carboxylic acids is 1. The molecule has 1 aliphatic heterocycles. The van der Waals surface area contributed by atoms with E-state index in [-0.39, 0.29) is 18.4 Å². The van der Waals surface area contributed by atoms with Gasteiger partial charge in [0, 0.05) is 12.2 Å². The number of nitrogens with one attached hydrogen (secondary N) is 1. The topological polar surface area (TPSA) is 69.6 Å². The quantitative estimate of drug-likeness (QED) is 0.896. The second-order valence-corrected chi connectivity index (χ2v) is 6.23. The molecular weight excluding hydrogens is 280 g/mol. The lowest BCUT2D eigenvalue weighted by Gasteiger charge is -2.30. The molecular formula is C17H24N2O3. The Balaban J connectivity index is 1.97. The number of carboxylic acid groups (broad SMARTS) is 1. The number of carbonyl (C=O) groups excluding carboxylic acids is 1. The molecule has 120 valence electrons. The zero-order valence-corrected chi connectivity index (χ0v) is 13.5. The molecule has 5 heteroatoms. The number of anilines is 1. The SMILES string of the molecule is Cc1cc(C)c(NC(=O)CN2CCCC(C(=O)O)C2)c(C)c1. The lowest BCUT2D eigenvalue weighted by Crippen LogP contribution is -2.42. The van der Waals surface area contributed by atoms with E-state index in [1.807, 2.05) is 37.8 Å². The summed E-state index contributed by atoms with van der Waals surface area (Å²) in [7, 11) is 0. The monoisotopic (exact) mass is 304 g/mol. The Morgan fingerprint density at radius 1 is 1.27 bits per heavy atom. The van der Waals surface area contributed by atoms with Crippen LogP contribution in [0.2, 0.25) is 0 Å². The fraction of sp³-hybridized carbons (Fsp3) is 0.529. The minimum absolute atomic E-state index is 0.0823. The molecule has 1 saturated heterocycles. The van der Waals surface area contributed by atoms with Crippen LogP contribution in [-0.2, 0) is 9.59 Å². The van der Waals surface area contributed by atoms with Crippen molar-refractivity contribution in [1.82, 2.24) is 4.90 Å². The Hall–Kier alpha value is -1.88. The highest BCUT2D eigenvalue weighted by Crippen LogP contribution is 2.22. The molecule has 0 aliphatic carbocycles. The Bertz CT molecular complexity index is 560. The van der Waals surface area contributed by atoms with Gasteiger partial charge in [-0.15, -0.1) is 0 Å². The van der Waals surface area contributed by atoms with Crippen molar-refractivity contribution in [3.63, 3.8) is 0 Å². The van der Waals surface area contributed by atoms with Gasteiger partial charge in [-0.25, -0.2) is 0 Å². The van der Waals surface area contributed by atoms with Crippen LogP contribution in [0.5, 0.6) is 0 Å². The van der Waals surface area contributed by atoms with E-state index >= 15 is 0 Å². The van der Waals surface area contributed by atoms with Gasteiger partial charge in [-0.3, -0.25) is 14.5 Å². The predicted molar refractivity (Wildman–Crippen MR) is 86.1 cm³/mol. The lowest BCUT2D eigenvalue weighted by molar-refractivity contribution is -0.144. The van der Waals surface area contributed by atoms with Gasteiger partial charge in [-0.2, -0.15) is 0 Å². The van der Waals surface area contributed by atoms with Crippen molar-refractivity contribution < 1.29 is 14.7 Å². The van der Waals surface area contributed by atoms with Crippen LogP contribution in [0, 0.1) is 26.7 Å². The molecule has 1 aromatic carbocycles. The number of hydrogen-bond acceptors (Lipinski definition) is 3. The van der Waals surface area contributed by atoms with Crippen molar-refractivity contribution in [2.24, 2.45) is 5.92 Å². The molecule has 0 aromatic heterocycles. The van der Waals surface area contributed by atoms with E-state index in [9.17, 15) is 9.59 Å². The summed E-state index contributed by atoms with van der Waals surface area (Å²) in [5, 5.41) is 12.1. The average molecular weight is 304 g/mol. The summed E-state index contributed by atoms with van der Waals surface area (Å²) in [4.78, 5) is 25.2. The smallest absolute Gasteiger partial charge is 0.307 e. The van der Waals surface area contributed by atoms with E-state index in [0.717, 1.165) is 29.8 Å². The van der Waals surface area contributed by atoms with Crippen molar-refractivity contribution in [3.05, 3.63) is 28.8 Å². The van der Waals surface area contributed by atoms with Crippen LogP contribution < -0.4 is 5.32 Å². The third-order valence-electron chi connectivity index (χ3n) is 4.16. The molecule has 1 unspecified atom stereocenters. The van der Waals surface area contributed by atoms with Crippen LogP contribution in [0.15, 0.2) is 12.1 Å². The molecule has 1 atom stereocenters. The molecule has 0 radical (unpaired) electrons. The summed E-state index contributed by atoms with van der Waals surface area (Å²) >= 11 is 0. The highest BCUT2D eigenvalue weighted by molar-refractivity contribution is 5.93. The van der Waals surface area contributed by atoms with E-state index < -0.39 is 5.97 Å². The summed E-state index contributed by atoms with van der Waals surface area (Å²) in [6, 6.07) is 4.09. The van der Waals surface area contributed by atoms with Crippen molar-refractivity contribution in [2.45, 2.75) is 33.6 Å². The summed E-state index contributed by atoms with van der Waals surface area (Å²) in [5.74, 6) is -1.21. The fourth-order valence-corrected chi connectivity index (χ4v) is 3.16. The first-order chi connectivity index (χ1) is 10.4. The van der Waals surface area contributed by atoms with E-state index in [4.69, 9.17) is 5.11 Å². The maximum Gasteiger partial charge on any atom is 0.307 e. The minimum atomic E-state index is -0.768. The second kappa shape index (κ2) is 6.92. The van der Waals surface area contributed by atoms with Gasteiger partial charge in [0.2, 0.25) is 5.91 Å². The van der Waals surface area contributed by atoms with Crippen LogP contribution >= 0.6 is 0 Å². The van der Waals surface area contributed by atoms with Crippen LogP contribution in [0.4, 0.5) is 5.69 Å². The molecule has 2 rings (SSSR count). The van der Waals surface area contributed by atoms with E-state index in [0.29, 0.717) is 13.0 Å². The fourth-order valence-electron chi connectivity index (χ4n) is 3.16. The number of aryl methyl sites for hydroxylation is 3. The molecule has 1 aromatic rings. The number of carbonyl (C=O) groups is 2. The van der Waals surface area contributed by atoms with Crippen molar-refractivity contribution in [3.8, 4) is 0 Å². The predicted octanol–water partition coefficient (Wildman–Crippen LogP) is 2.35. The van der Waals surface area contributed by atoms with Crippen LogP contribution in [0.25, 0.3) is 0 Å². The molecule has 22 heavy (non-hydrogen) atoms. The zero-order chi connectivity index (χ0) is 16.3. The minimum Gasteiger partial charge on any atom is -0.481 e. The number of rotatable bonds is 4. The highest BCUT2D eigenvalue weighted by atomic mass is 16.4. The van der Waals surface area contributed by atoms with Gasteiger partial charge in [-0.05, 0) is 51.3 Å². The van der Waals surface area contributed by atoms with Gasteiger partial charge in [0.15, 0.2) is 0 Å². The Morgan fingerprint density at radius 3 is 2.50 bits per heavy atom. The molecule has 1 heterocycles. The number of nitrogens with zero attached hydrogens (tertiary/aromatic N) is 1. The van der Waals surface area contributed by atoms with E-state index in [1.165, 1.54) is 5.56 Å². The summed E-state index contributed by atoms with van der Waals surface area (Å²) in [5.41, 5.74) is 4.14. The van der Waals surface area contributed by atoms with Crippen molar-refractivity contribution in [2.75, 3.05) is 25.0 Å². The molecule has 0 saturated carbocycles. The average Bonchev–Trinajstić information content (AvgIpc) is 2.43. The van der Waals surface area contributed by atoms with Gasteiger partial charge in [0.1, 0.15) is 0 Å². The first-order valence-electron chi connectivity index (χ1n) is 7.69. The summed E-state index contributed by atoms with van der Waals surface area (Å²) < 4.78 is 0. The Labute approximate surface area is 131 Å². The summed E-state index contributed by atoms with van der Waals surface area (Å²) in [6.45, 7) is 7.48. The van der Waals surface area contributed by atoms with Gasteiger partial charge >= 0.3 is 5.97 Å². The van der Waals surface area contributed by atoms with Gasteiger partial charge in [-0.1, -0.05) is 17.7 Å². The highest BCUT2D eigenvalue weighted by Gasteiger charge is 2.26. The van der Waals surface area contributed by atoms with Gasteiger partial charge in [0.05, 0.1) is 12.5 Å². The number of likely N-dealkylation sites (tertiary alicyclic amines) is 1. The van der Waals surface area contributed by atoms with Crippen LogP contribution in [0.1, 0.15) is 29.5 Å². The molecule has 5 nitrogen and oxygen atoms in total. The summed E-state index contributed by atoms with van der Waals surface area (Å²) in [6.07, 6.45) is 1.52. The van der Waals surface area contributed by atoms with Crippen LogP contribution in [0.3, 0.4) is 0 Å². The molecule has 1 fully saturated rings. The van der Waals surface area contributed by atoms with Gasteiger partial charge in [0.25, 0.3) is 0 Å². The first kappa shape index (κ1) is 16.5. The number of carboxylic acids is 1. The van der Waals surface area contributed by atoms with Crippen molar-refractivity contribution >= 4 is 17.6 Å². The standard InChI is InChI=1S/C17H24N2O3/c1-11-7-12(2)16(13(3)8-11)18-15(20)10-19-6-4-5-14(9-19)17(21)22/h7-8,14H,4-6,9-10H2,1-3H3,(H,18,20)(H,21,22). The second-order valence-electron chi connectivity index (χ2n) is 6.23. The first-order valence-corrected chi connectivity index (χ1v) is 7.69. The number of piperidine rings is 1. The maximum atomic E-state index is 12.2. The van der Waals surface area contributed by atoms with Gasteiger partial charge < -0.3 is 10.4 Å². The molecule has 0 bridgehead atoms. The normalized spacial score (nSPS) is 19.0. The molecule has 1 aliphatic rings. The number of hydrogen-bond donors (Lipinski definition) is 2. The third kappa shape index (κ3) is 4.07. The number of benzene rings is 1. The Kier molecular flexibility index (Phi) is 5.19. The van der Waals surface area contributed by atoms with E-state index in [1.54, 1.807) is 0 Å². The molecule has 0 spiro atoms. The molecule has 1 amide bonds.